The molecule has 0 amide bonds. The van der Waals surface area contributed by atoms with E-state index in [0.717, 1.165) is 6.42 Å². The molecule has 1 saturated carbocycles. The second-order valence-corrected chi connectivity index (χ2v) is 8.72. The topological polar surface area (TPSA) is 141 Å². The van der Waals surface area contributed by atoms with E-state index in [2.05, 4.69) is 0 Å². The van der Waals surface area contributed by atoms with Crippen LogP contribution in [0.25, 0.3) is 0 Å². The Morgan fingerprint density at radius 2 is 1.58 bits per heavy atom. The predicted octanol–water partition coefficient (Wildman–Crippen LogP) is -6.44. The fraction of sp³-hybridized carbons (Fsp3) is 1.00. The molecule has 0 aromatic carbocycles. The molecule has 7 nitrogen and oxygen atoms in total. The van der Waals surface area contributed by atoms with Crippen LogP contribution in [-0.4, -0.2) is 20.0 Å². The van der Waals surface area contributed by atoms with E-state index in [1.165, 1.54) is 0 Å². The minimum Gasteiger partial charge on any atom is -0.776 e. The Morgan fingerprint density at radius 1 is 1.16 bits per heavy atom. The van der Waals surface area contributed by atoms with E-state index in [4.69, 9.17) is 9.79 Å². The van der Waals surface area contributed by atoms with Crippen molar-refractivity contribution in [2.45, 2.75) is 37.7 Å². The molecule has 102 valence electrons. The predicted molar refractivity (Wildman–Crippen MR) is 55.7 cm³/mol. The molecule has 1 fully saturated rings. The van der Waals surface area contributed by atoms with E-state index in [1.807, 2.05) is 6.92 Å². The minimum absolute atomic E-state index is 0. The molecule has 3 N–H and O–H groups in total. The van der Waals surface area contributed by atoms with Crippen molar-refractivity contribution >= 4 is 15.2 Å². The Bertz CT molecular complexity index is 357. The van der Waals surface area contributed by atoms with Gasteiger partial charge in [0.2, 0.25) is 0 Å². The molecule has 1 aliphatic rings. The van der Waals surface area contributed by atoms with E-state index in [0.29, 0.717) is 18.8 Å². The van der Waals surface area contributed by atoms with Crippen LogP contribution in [-0.2, 0) is 9.13 Å². The fourth-order valence-electron chi connectivity index (χ4n) is 2.29. The average molecular weight is 332 g/mol. The van der Waals surface area contributed by atoms with Gasteiger partial charge in [-0.15, -0.1) is 0 Å². The van der Waals surface area contributed by atoms with Gasteiger partial charge in [-0.2, -0.15) is 0 Å². The number of hydrogen-bond donors (Lipinski definition) is 3. The first kappa shape index (κ1) is 23.5. The van der Waals surface area contributed by atoms with E-state index in [9.17, 15) is 24.0 Å². The second kappa shape index (κ2) is 8.21. The molecule has 1 rings (SSSR count). The molecule has 0 aliphatic heterocycles. The summed E-state index contributed by atoms with van der Waals surface area (Å²) in [6, 6.07) is 0. The van der Waals surface area contributed by atoms with Crippen LogP contribution >= 0.6 is 15.2 Å². The Hall–Kier alpha value is 2.26. The maximum absolute atomic E-state index is 11.0. The van der Waals surface area contributed by atoms with Crippen molar-refractivity contribution in [1.82, 2.24) is 0 Å². The van der Waals surface area contributed by atoms with Gasteiger partial charge < -0.3 is 33.8 Å². The molecular weight excluding hydrogens is 316 g/mol. The van der Waals surface area contributed by atoms with Crippen LogP contribution in [0.5, 0.6) is 0 Å². The molecule has 11 heteroatoms. The van der Waals surface area contributed by atoms with Crippen LogP contribution in [0, 0.1) is 11.8 Å². The molecule has 0 radical (unpaired) electrons. The summed E-state index contributed by atoms with van der Waals surface area (Å²) in [4.78, 5) is 39.6. The second-order valence-electron chi connectivity index (χ2n) is 4.80. The smallest absolute Gasteiger partial charge is 0.776 e. The van der Waals surface area contributed by atoms with E-state index in [1.54, 1.807) is 0 Å². The van der Waals surface area contributed by atoms with Crippen LogP contribution in [0.2, 0.25) is 0 Å². The third-order valence-electron chi connectivity index (χ3n) is 3.27. The first-order valence-electron chi connectivity index (χ1n) is 5.27. The minimum atomic E-state index is -5.60. The number of aliphatic hydroxyl groups is 1. The Kier molecular flexibility index (Phi) is 10.2. The van der Waals surface area contributed by atoms with Gasteiger partial charge in [0.25, 0.3) is 0 Å². The van der Waals surface area contributed by atoms with Gasteiger partial charge in [0, 0.05) is 0 Å². The molecule has 0 heterocycles. The summed E-state index contributed by atoms with van der Waals surface area (Å²) >= 11 is 0. The van der Waals surface area contributed by atoms with Crippen molar-refractivity contribution in [3.05, 3.63) is 0 Å². The third-order valence-corrected chi connectivity index (χ3v) is 6.96. The van der Waals surface area contributed by atoms with E-state index in [-0.39, 0.29) is 65.0 Å². The maximum atomic E-state index is 11.0. The third kappa shape index (κ3) is 5.76. The summed E-state index contributed by atoms with van der Waals surface area (Å²) in [6.45, 7) is 1.92. The zero-order chi connectivity index (χ0) is 13.5. The van der Waals surface area contributed by atoms with Crippen molar-refractivity contribution < 1.29 is 92.9 Å². The van der Waals surface area contributed by atoms with Crippen molar-refractivity contribution in [3.8, 4) is 0 Å². The molecule has 0 spiro atoms. The van der Waals surface area contributed by atoms with Gasteiger partial charge in [-0.05, 0) is 24.7 Å². The van der Waals surface area contributed by atoms with Crippen LogP contribution in [0.15, 0.2) is 0 Å². The largest absolute Gasteiger partial charge is 1.00 e. The first-order chi connectivity index (χ1) is 7.47. The van der Waals surface area contributed by atoms with Crippen molar-refractivity contribution in [2.75, 3.05) is 0 Å². The standard InChI is InChI=1S/C8H18O7P2.2Na/c1-6-2-3-7(4-6)5-8(9,16(10,11)12)17(13,14)15;;/h6-7,9H,2-5H2,1H3,(H2,10,11,12)(H2,13,14,15);;/q;2*+1/p-2/t6-,7-;;/m1../s1. The van der Waals surface area contributed by atoms with Crippen LogP contribution in [0.1, 0.15) is 32.6 Å². The van der Waals surface area contributed by atoms with Gasteiger partial charge >= 0.3 is 59.1 Å². The first-order valence-corrected chi connectivity index (χ1v) is 8.43. The monoisotopic (exact) mass is 332 g/mol. The van der Waals surface area contributed by atoms with Crippen LogP contribution < -0.4 is 68.9 Å². The van der Waals surface area contributed by atoms with E-state index < -0.39 is 26.7 Å². The SMILES string of the molecule is C[C@@H]1CC[C@@H](CC(O)(P(=O)([O-])O)P(=O)([O-])O)C1.[Na+].[Na+]. The van der Waals surface area contributed by atoms with Gasteiger partial charge in [0.05, 0.1) is 0 Å². The summed E-state index contributed by atoms with van der Waals surface area (Å²) in [5.41, 5.74) is 0. The molecule has 0 aromatic heterocycles. The zero-order valence-electron chi connectivity index (χ0n) is 11.4. The molecule has 2 unspecified atom stereocenters. The summed E-state index contributed by atoms with van der Waals surface area (Å²) in [5.74, 6) is -0.0439. The quantitative estimate of drug-likeness (QED) is 0.343. The maximum Gasteiger partial charge on any atom is 1.00 e. The van der Waals surface area contributed by atoms with Crippen LogP contribution in [0.4, 0.5) is 0 Å². The number of rotatable bonds is 4. The van der Waals surface area contributed by atoms with Gasteiger partial charge in [-0.25, -0.2) is 0 Å². The summed E-state index contributed by atoms with van der Waals surface area (Å²) in [6.07, 6.45) is 1.22. The van der Waals surface area contributed by atoms with Gasteiger partial charge in [-0.3, -0.25) is 0 Å². The Labute approximate surface area is 156 Å². The summed E-state index contributed by atoms with van der Waals surface area (Å²) in [7, 11) is -11.2. The molecule has 0 bridgehead atoms. The van der Waals surface area contributed by atoms with E-state index >= 15 is 0 Å². The molecule has 0 saturated heterocycles. The summed E-state index contributed by atoms with van der Waals surface area (Å²) in [5, 5.41) is 6.12. The van der Waals surface area contributed by atoms with Gasteiger partial charge in [0.15, 0.2) is 20.3 Å². The molecule has 1 aliphatic carbocycles. The molecular formula is C8H16Na2O7P2. The van der Waals surface area contributed by atoms with Crippen molar-refractivity contribution in [3.63, 3.8) is 0 Å². The Morgan fingerprint density at radius 3 is 1.84 bits per heavy atom. The normalized spacial score (nSPS) is 32.1. The van der Waals surface area contributed by atoms with Crippen LogP contribution in [0.3, 0.4) is 0 Å². The van der Waals surface area contributed by atoms with Gasteiger partial charge in [-0.1, -0.05) is 19.8 Å². The Balaban J connectivity index is 0. The fourth-order valence-corrected chi connectivity index (χ4v) is 4.54. The number of hydrogen-bond acceptors (Lipinski definition) is 5. The van der Waals surface area contributed by atoms with Crippen molar-refractivity contribution in [2.24, 2.45) is 11.8 Å². The van der Waals surface area contributed by atoms with Gasteiger partial charge in [0.1, 0.15) is 0 Å². The molecule has 4 atom stereocenters. The average Bonchev–Trinajstić information content (AvgIpc) is 2.47. The summed E-state index contributed by atoms with van der Waals surface area (Å²) < 4.78 is 21.9. The van der Waals surface area contributed by atoms with Crippen molar-refractivity contribution in [1.29, 1.82) is 0 Å². The zero-order valence-corrected chi connectivity index (χ0v) is 17.1. The molecule has 19 heavy (non-hydrogen) atoms. The molecule has 0 aromatic rings.